The second kappa shape index (κ2) is 12.2. The normalized spacial score (nSPS) is 17.5. The number of hydrogen-bond donors (Lipinski definition) is 0. The summed E-state index contributed by atoms with van der Waals surface area (Å²) in [5, 5.41) is 1.63. The van der Waals surface area contributed by atoms with Gasteiger partial charge < -0.3 is 0 Å². The summed E-state index contributed by atoms with van der Waals surface area (Å²) in [6.07, 6.45) is 6.81. The molecule has 4 unspecified atom stereocenters. The molecule has 0 aliphatic carbocycles. The van der Waals surface area contributed by atoms with E-state index in [-0.39, 0.29) is 11.8 Å². The van der Waals surface area contributed by atoms with Crippen LogP contribution in [0.4, 0.5) is 0 Å². The van der Waals surface area contributed by atoms with Gasteiger partial charge in [0, 0.05) is 22.5 Å². The zero-order valence-electron chi connectivity index (χ0n) is 13.6. The minimum atomic E-state index is 0.198. The van der Waals surface area contributed by atoms with Crippen LogP contribution in [0.2, 0.25) is 0 Å². The fraction of sp³-hybridized carbons (Fsp3) is 0.941. The average molecular weight is 412 g/mol. The highest BCUT2D eigenvalue weighted by Gasteiger charge is 2.25. The van der Waals surface area contributed by atoms with E-state index in [1.54, 1.807) is 0 Å². The van der Waals surface area contributed by atoms with Crippen molar-refractivity contribution < 1.29 is 4.79 Å². The molecule has 0 heterocycles. The Bertz CT molecular complexity index is 231. The van der Waals surface area contributed by atoms with Gasteiger partial charge in [0.15, 0.2) is 0 Å². The molecule has 0 saturated heterocycles. The summed E-state index contributed by atoms with van der Waals surface area (Å²) in [7, 11) is 0. The van der Waals surface area contributed by atoms with Crippen LogP contribution in [0.1, 0.15) is 66.2 Å². The van der Waals surface area contributed by atoms with Crippen LogP contribution in [-0.4, -0.2) is 16.4 Å². The maximum absolute atomic E-state index is 12.6. The van der Waals surface area contributed by atoms with Gasteiger partial charge in [-0.05, 0) is 24.7 Å². The van der Waals surface area contributed by atoms with Crippen LogP contribution >= 0.6 is 31.9 Å². The van der Waals surface area contributed by atoms with E-state index in [9.17, 15) is 4.79 Å². The molecule has 0 amide bonds. The lowest BCUT2D eigenvalue weighted by atomic mass is 9.85. The van der Waals surface area contributed by atoms with Crippen molar-refractivity contribution in [1.82, 2.24) is 0 Å². The maximum atomic E-state index is 12.6. The molecule has 0 aromatic heterocycles. The van der Waals surface area contributed by atoms with Gasteiger partial charge in [-0.15, -0.1) is 0 Å². The number of carbonyl (C=O) groups is 1. The molecule has 0 aromatic rings. The Labute approximate surface area is 142 Å². The minimum absolute atomic E-state index is 0.198. The molecule has 0 aromatic carbocycles. The average Bonchev–Trinajstić information content (AvgIpc) is 2.47. The molecule has 0 aliphatic heterocycles. The Morgan fingerprint density at radius 2 is 1.15 bits per heavy atom. The molecule has 0 fully saturated rings. The van der Waals surface area contributed by atoms with Gasteiger partial charge in [-0.25, -0.2) is 0 Å². The van der Waals surface area contributed by atoms with Crippen molar-refractivity contribution in [2.75, 3.05) is 10.7 Å². The zero-order chi connectivity index (χ0) is 15.5. The van der Waals surface area contributed by atoms with Gasteiger partial charge in [-0.2, -0.15) is 0 Å². The SMILES string of the molecule is CCC(C)CCC(CBr)C(=O)C(CBr)CCC(C)CC. The molecule has 0 rings (SSSR count). The number of hydrogen-bond acceptors (Lipinski definition) is 1. The lowest BCUT2D eigenvalue weighted by molar-refractivity contribution is -0.126. The van der Waals surface area contributed by atoms with Crippen molar-refractivity contribution in [2.45, 2.75) is 66.2 Å². The third-order valence-corrected chi connectivity index (χ3v) is 6.15. The summed E-state index contributed by atoms with van der Waals surface area (Å²) < 4.78 is 0. The van der Waals surface area contributed by atoms with Crippen LogP contribution in [0.15, 0.2) is 0 Å². The third kappa shape index (κ3) is 8.17. The summed E-state index contributed by atoms with van der Waals surface area (Å²) in [6.45, 7) is 9.01. The van der Waals surface area contributed by atoms with Gasteiger partial charge in [0.1, 0.15) is 5.78 Å². The molecular weight excluding hydrogens is 380 g/mol. The lowest BCUT2D eigenvalue weighted by Crippen LogP contribution is -2.27. The first kappa shape index (κ1) is 20.6. The van der Waals surface area contributed by atoms with Gasteiger partial charge >= 0.3 is 0 Å². The van der Waals surface area contributed by atoms with Gasteiger partial charge in [-0.1, -0.05) is 85.2 Å². The molecule has 0 bridgehead atoms. The van der Waals surface area contributed by atoms with E-state index in [2.05, 4.69) is 59.6 Å². The molecule has 120 valence electrons. The highest BCUT2D eigenvalue weighted by Crippen LogP contribution is 2.25. The lowest BCUT2D eigenvalue weighted by Gasteiger charge is -2.21. The van der Waals surface area contributed by atoms with Crippen molar-refractivity contribution in [3.05, 3.63) is 0 Å². The zero-order valence-corrected chi connectivity index (χ0v) is 16.8. The molecule has 0 radical (unpaired) electrons. The second-order valence-electron chi connectivity index (χ2n) is 6.29. The number of alkyl halides is 2. The molecule has 1 nitrogen and oxygen atoms in total. The Morgan fingerprint density at radius 3 is 1.40 bits per heavy atom. The highest BCUT2D eigenvalue weighted by atomic mass is 79.9. The van der Waals surface area contributed by atoms with Crippen LogP contribution in [0.3, 0.4) is 0 Å². The topological polar surface area (TPSA) is 17.1 Å². The Balaban J connectivity index is 4.37. The van der Waals surface area contributed by atoms with E-state index in [1.807, 2.05) is 0 Å². The maximum Gasteiger partial charge on any atom is 0.140 e. The van der Waals surface area contributed by atoms with Crippen molar-refractivity contribution in [2.24, 2.45) is 23.7 Å². The Morgan fingerprint density at radius 1 is 0.800 bits per heavy atom. The molecule has 0 spiro atoms. The Hall–Kier alpha value is 0.630. The molecular formula is C17H32Br2O. The van der Waals surface area contributed by atoms with Crippen LogP contribution in [0, 0.1) is 23.7 Å². The predicted molar refractivity (Wildman–Crippen MR) is 97.0 cm³/mol. The summed E-state index contributed by atoms with van der Waals surface area (Å²) in [6, 6.07) is 0. The van der Waals surface area contributed by atoms with Gasteiger partial charge in [-0.3, -0.25) is 4.79 Å². The monoisotopic (exact) mass is 410 g/mol. The smallest absolute Gasteiger partial charge is 0.140 e. The van der Waals surface area contributed by atoms with E-state index in [0.717, 1.165) is 35.3 Å². The van der Waals surface area contributed by atoms with Gasteiger partial charge in [0.2, 0.25) is 0 Å². The van der Waals surface area contributed by atoms with Gasteiger partial charge in [0.05, 0.1) is 0 Å². The molecule has 0 aliphatic rings. The number of rotatable bonds is 12. The third-order valence-electron chi connectivity index (χ3n) is 4.59. The molecule has 0 N–H and O–H groups in total. The predicted octanol–water partition coefficient (Wildman–Crippen LogP) is 6.23. The summed E-state index contributed by atoms with van der Waals surface area (Å²) in [5.41, 5.74) is 0. The van der Waals surface area contributed by atoms with E-state index < -0.39 is 0 Å². The fourth-order valence-corrected chi connectivity index (χ4v) is 3.59. The first-order valence-electron chi connectivity index (χ1n) is 8.15. The fourth-order valence-electron chi connectivity index (χ4n) is 2.30. The van der Waals surface area contributed by atoms with Crippen molar-refractivity contribution in [3.63, 3.8) is 0 Å². The number of halogens is 2. The van der Waals surface area contributed by atoms with E-state index in [1.165, 1.54) is 25.7 Å². The van der Waals surface area contributed by atoms with Crippen LogP contribution in [0.25, 0.3) is 0 Å². The summed E-state index contributed by atoms with van der Waals surface area (Å²) in [4.78, 5) is 12.6. The van der Waals surface area contributed by atoms with Crippen LogP contribution in [-0.2, 0) is 4.79 Å². The number of ketones is 1. The number of Topliss-reactive ketones (excluding diaryl/α,β-unsaturated/α-hetero) is 1. The highest BCUT2D eigenvalue weighted by molar-refractivity contribution is 9.09. The standard InChI is InChI=1S/C17H32Br2O/c1-5-13(3)7-9-15(11-18)17(20)16(12-19)10-8-14(4)6-2/h13-16H,5-12H2,1-4H3. The summed E-state index contributed by atoms with van der Waals surface area (Å²) >= 11 is 7.09. The van der Waals surface area contributed by atoms with Crippen molar-refractivity contribution in [3.8, 4) is 0 Å². The largest absolute Gasteiger partial charge is 0.299 e. The molecule has 20 heavy (non-hydrogen) atoms. The first-order chi connectivity index (χ1) is 9.49. The number of carbonyl (C=O) groups excluding carboxylic acids is 1. The minimum Gasteiger partial charge on any atom is -0.299 e. The van der Waals surface area contributed by atoms with Crippen LogP contribution in [0.5, 0.6) is 0 Å². The van der Waals surface area contributed by atoms with E-state index in [0.29, 0.717) is 5.78 Å². The Kier molecular flexibility index (Phi) is 12.6. The van der Waals surface area contributed by atoms with Gasteiger partial charge in [0.25, 0.3) is 0 Å². The molecule has 0 saturated carbocycles. The van der Waals surface area contributed by atoms with E-state index in [4.69, 9.17) is 0 Å². The quantitative estimate of drug-likeness (QED) is 0.348. The van der Waals surface area contributed by atoms with E-state index >= 15 is 0 Å². The first-order valence-corrected chi connectivity index (χ1v) is 10.4. The molecule has 4 atom stereocenters. The van der Waals surface area contributed by atoms with Crippen molar-refractivity contribution in [1.29, 1.82) is 0 Å². The molecule has 3 heteroatoms. The van der Waals surface area contributed by atoms with Crippen LogP contribution < -0.4 is 0 Å². The van der Waals surface area contributed by atoms with Crippen molar-refractivity contribution >= 4 is 37.6 Å². The summed E-state index contributed by atoms with van der Waals surface area (Å²) in [5.74, 6) is 2.32. The second-order valence-corrected chi connectivity index (χ2v) is 7.58.